The van der Waals surface area contributed by atoms with Crippen LogP contribution >= 0.6 is 0 Å². The van der Waals surface area contributed by atoms with Crippen molar-refractivity contribution in [2.75, 3.05) is 44.2 Å². The molecule has 2 heterocycles. The van der Waals surface area contributed by atoms with Gasteiger partial charge in [0.25, 0.3) is 0 Å². The molecular formula is C19H27N3O7S. The van der Waals surface area contributed by atoms with Gasteiger partial charge in [-0.3, -0.25) is 4.90 Å². The largest absolute Gasteiger partial charge is 0.444 e. The number of aliphatic hydroxyl groups is 1. The molecule has 0 unspecified atom stereocenters. The first-order chi connectivity index (χ1) is 14.0. The quantitative estimate of drug-likeness (QED) is 0.747. The van der Waals surface area contributed by atoms with Crippen LogP contribution in [-0.4, -0.2) is 86.0 Å². The lowest BCUT2D eigenvalue weighted by atomic mass is 10.2. The van der Waals surface area contributed by atoms with Crippen LogP contribution in [0.4, 0.5) is 15.3 Å². The fourth-order valence-electron chi connectivity index (χ4n) is 3.21. The Hall–Kier alpha value is -2.37. The highest BCUT2D eigenvalue weighted by Crippen LogP contribution is 2.25. The first-order valence-corrected chi connectivity index (χ1v) is 11.1. The van der Waals surface area contributed by atoms with Crippen molar-refractivity contribution in [1.82, 2.24) is 9.21 Å². The van der Waals surface area contributed by atoms with Crippen LogP contribution in [0.25, 0.3) is 0 Å². The van der Waals surface area contributed by atoms with Crippen LogP contribution in [0.2, 0.25) is 0 Å². The molecule has 0 bridgehead atoms. The van der Waals surface area contributed by atoms with Crippen molar-refractivity contribution in [3.63, 3.8) is 0 Å². The minimum absolute atomic E-state index is 0.100. The zero-order valence-corrected chi connectivity index (χ0v) is 18.1. The second-order valence-electron chi connectivity index (χ2n) is 8.16. The molecule has 3 rings (SSSR count). The summed E-state index contributed by atoms with van der Waals surface area (Å²) in [6.07, 6.45) is -1.63. The topological polar surface area (TPSA) is 117 Å². The summed E-state index contributed by atoms with van der Waals surface area (Å²) in [7, 11) is -3.74. The van der Waals surface area contributed by atoms with Gasteiger partial charge in [-0.15, -0.1) is 0 Å². The van der Waals surface area contributed by atoms with E-state index >= 15 is 0 Å². The lowest BCUT2D eigenvalue weighted by molar-refractivity contribution is 0.0192. The van der Waals surface area contributed by atoms with Crippen LogP contribution in [0.15, 0.2) is 29.2 Å². The number of aliphatic hydroxyl groups excluding tert-OH is 1. The Morgan fingerprint density at radius 2 is 1.77 bits per heavy atom. The van der Waals surface area contributed by atoms with Gasteiger partial charge in [0.1, 0.15) is 11.7 Å². The molecule has 1 atom stereocenters. The van der Waals surface area contributed by atoms with Gasteiger partial charge in [0.05, 0.1) is 18.0 Å². The molecule has 10 nitrogen and oxygen atoms in total. The molecule has 0 saturated carbocycles. The van der Waals surface area contributed by atoms with E-state index in [2.05, 4.69) is 0 Å². The summed E-state index contributed by atoms with van der Waals surface area (Å²) in [6.45, 7) is 6.09. The summed E-state index contributed by atoms with van der Waals surface area (Å²) in [4.78, 5) is 27.0. The molecule has 1 aromatic rings. The van der Waals surface area contributed by atoms with Gasteiger partial charge in [-0.2, -0.15) is 4.31 Å². The summed E-state index contributed by atoms with van der Waals surface area (Å²) in [5, 5.41) is 9.13. The highest BCUT2D eigenvalue weighted by molar-refractivity contribution is 7.89. The molecule has 1 aromatic carbocycles. The first-order valence-electron chi connectivity index (χ1n) is 9.68. The monoisotopic (exact) mass is 441 g/mol. The van der Waals surface area contributed by atoms with Gasteiger partial charge in [-0.25, -0.2) is 18.0 Å². The van der Waals surface area contributed by atoms with Gasteiger partial charge in [0.2, 0.25) is 10.0 Å². The van der Waals surface area contributed by atoms with E-state index in [4.69, 9.17) is 14.6 Å². The third-order valence-electron chi connectivity index (χ3n) is 4.75. The number of rotatable bonds is 4. The highest BCUT2D eigenvalue weighted by Gasteiger charge is 2.34. The number of anilines is 1. The van der Waals surface area contributed by atoms with Crippen molar-refractivity contribution in [2.24, 2.45) is 0 Å². The van der Waals surface area contributed by atoms with Crippen LogP contribution in [0, 0.1) is 0 Å². The van der Waals surface area contributed by atoms with E-state index in [-0.39, 0.29) is 44.2 Å². The number of benzene rings is 1. The summed E-state index contributed by atoms with van der Waals surface area (Å²) < 4.78 is 37.5. The van der Waals surface area contributed by atoms with E-state index in [1.165, 1.54) is 38.4 Å². The Morgan fingerprint density at radius 1 is 1.17 bits per heavy atom. The number of carbonyl (C=O) groups excluding carboxylic acids is 2. The van der Waals surface area contributed by atoms with Crippen LogP contribution in [0.1, 0.15) is 20.8 Å². The smallest absolute Gasteiger partial charge is 0.414 e. The predicted molar refractivity (Wildman–Crippen MR) is 108 cm³/mol. The number of nitrogens with zero attached hydrogens (tertiary/aromatic N) is 3. The summed E-state index contributed by atoms with van der Waals surface area (Å²) in [5.74, 6) is 0. The third-order valence-corrected chi connectivity index (χ3v) is 6.67. The molecule has 11 heteroatoms. The summed E-state index contributed by atoms with van der Waals surface area (Å²) in [6, 6.07) is 5.94. The van der Waals surface area contributed by atoms with Crippen molar-refractivity contribution in [3.8, 4) is 0 Å². The molecule has 2 aliphatic heterocycles. The highest BCUT2D eigenvalue weighted by atomic mass is 32.2. The normalized spacial score (nSPS) is 20.9. The molecule has 166 valence electrons. The van der Waals surface area contributed by atoms with Crippen molar-refractivity contribution in [1.29, 1.82) is 0 Å². The third kappa shape index (κ3) is 4.85. The van der Waals surface area contributed by atoms with Gasteiger partial charge in [0.15, 0.2) is 0 Å². The van der Waals surface area contributed by atoms with Crippen LogP contribution in [0.5, 0.6) is 0 Å². The summed E-state index contributed by atoms with van der Waals surface area (Å²) >= 11 is 0. The predicted octanol–water partition coefficient (Wildman–Crippen LogP) is 1.25. The van der Waals surface area contributed by atoms with Crippen molar-refractivity contribution < 1.29 is 32.6 Å². The van der Waals surface area contributed by atoms with E-state index in [9.17, 15) is 18.0 Å². The number of sulfonamides is 1. The van der Waals surface area contributed by atoms with Gasteiger partial charge < -0.3 is 19.5 Å². The maximum absolute atomic E-state index is 12.9. The van der Waals surface area contributed by atoms with Crippen LogP contribution in [0.3, 0.4) is 0 Å². The number of carbonyl (C=O) groups is 2. The number of cyclic esters (lactones) is 1. The second kappa shape index (κ2) is 8.40. The lowest BCUT2D eigenvalue weighted by Gasteiger charge is -2.35. The maximum atomic E-state index is 12.9. The average Bonchev–Trinajstić information content (AvgIpc) is 3.08. The Balaban J connectivity index is 1.64. The van der Waals surface area contributed by atoms with Crippen LogP contribution < -0.4 is 4.90 Å². The number of piperazine rings is 1. The minimum atomic E-state index is -3.74. The van der Waals surface area contributed by atoms with E-state index in [1.807, 2.05) is 0 Å². The molecule has 0 aliphatic carbocycles. The zero-order valence-electron chi connectivity index (χ0n) is 17.3. The van der Waals surface area contributed by atoms with E-state index in [0.29, 0.717) is 5.69 Å². The van der Waals surface area contributed by atoms with Gasteiger partial charge in [0, 0.05) is 31.9 Å². The van der Waals surface area contributed by atoms with E-state index in [1.54, 1.807) is 20.8 Å². The molecule has 30 heavy (non-hydrogen) atoms. The standard InChI is InChI=1S/C19H27N3O7S/c1-19(2,3)29-17(24)20-8-10-21(11-9-20)30(26,27)16-6-4-14(5-7-16)22-12-15(13-23)28-18(22)25/h4-7,15,23H,8-13H2,1-3H3/t15-/m0/s1. The zero-order chi connectivity index (χ0) is 22.1. The number of hydrogen-bond acceptors (Lipinski definition) is 7. The van der Waals surface area contributed by atoms with E-state index in [0.717, 1.165) is 0 Å². The average molecular weight is 442 g/mol. The summed E-state index contributed by atoms with van der Waals surface area (Å²) in [5.41, 5.74) is -0.120. The Labute approximate surface area is 176 Å². The second-order valence-corrected chi connectivity index (χ2v) is 10.1. The molecule has 0 spiro atoms. The number of ether oxygens (including phenoxy) is 2. The van der Waals surface area contributed by atoms with Gasteiger partial charge >= 0.3 is 12.2 Å². The molecule has 0 radical (unpaired) electrons. The Kier molecular flexibility index (Phi) is 6.25. The van der Waals surface area contributed by atoms with Crippen LogP contribution in [-0.2, 0) is 19.5 Å². The molecule has 0 aromatic heterocycles. The molecule has 2 amide bonds. The molecule has 2 aliphatic rings. The fourth-order valence-corrected chi connectivity index (χ4v) is 4.63. The number of amides is 2. The lowest BCUT2D eigenvalue weighted by Crippen LogP contribution is -2.51. The molecule has 1 N–H and O–H groups in total. The minimum Gasteiger partial charge on any atom is -0.444 e. The van der Waals surface area contributed by atoms with Crippen molar-refractivity contribution in [2.45, 2.75) is 37.4 Å². The van der Waals surface area contributed by atoms with Crippen molar-refractivity contribution >= 4 is 27.9 Å². The molecule has 2 fully saturated rings. The maximum Gasteiger partial charge on any atom is 0.414 e. The Bertz CT molecular complexity index is 888. The first kappa shape index (κ1) is 22.3. The number of hydrogen-bond donors (Lipinski definition) is 1. The molecular weight excluding hydrogens is 414 g/mol. The van der Waals surface area contributed by atoms with E-state index < -0.39 is 33.9 Å². The SMILES string of the molecule is CC(C)(C)OC(=O)N1CCN(S(=O)(=O)c2ccc(N3C[C@@H](CO)OC3=O)cc2)CC1. The van der Waals surface area contributed by atoms with Gasteiger partial charge in [-0.1, -0.05) is 0 Å². The molecule has 2 saturated heterocycles. The van der Waals surface area contributed by atoms with Crippen molar-refractivity contribution in [3.05, 3.63) is 24.3 Å². The fraction of sp³-hybridized carbons (Fsp3) is 0.579. The Morgan fingerprint density at radius 3 is 2.27 bits per heavy atom. The van der Waals surface area contributed by atoms with Gasteiger partial charge in [-0.05, 0) is 45.0 Å².